The highest BCUT2D eigenvalue weighted by Crippen LogP contribution is 2.63. The van der Waals surface area contributed by atoms with Crippen molar-refractivity contribution in [3.05, 3.63) is 71.1 Å². The molecule has 1 saturated carbocycles. The van der Waals surface area contributed by atoms with Crippen LogP contribution in [0, 0.1) is 16.7 Å². The lowest BCUT2D eigenvalue weighted by molar-refractivity contribution is -0.114. The number of fused-ring (bicyclic) bond motifs is 2. The molecule has 3 heteroatoms. The number of rotatable bonds is 4. The van der Waals surface area contributed by atoms with Gasteiger partial charge in [0.2, 0.25) is 0 Å². The standard InChI is InChI=1S/C25H30O3/c1-7-28-19-12-24(5)15(4)8-11-18(24)20-22(19)25(6,13-26)21-16(14(2)3)9-10-17(21)23(20)27/h7,9,18-19,26H,1-2,4,8,10-13H2,3,5-6H3. The molecule has 4 rings (SSSR count). The number of ether oxygens (including phenoxy) is 1. The molecule has 0 aliphatic heterocycles. The van der Waals surface area contributed by atoms with Crippen LogP contribution in [-0.4, -0.2) is 23.6 Å². The van der Waals surface area contributed by atoms with Crippen LogP contribution >= 0.6 is 0 Å². The lowest BCUT2D eigenvalue weighted by Crippen LogP contribution is -2.48. The van der Waals surface area contributed by atoms with Crippen LogP contribution in [0.1, 0.15) is 46.5 Å². The van der Waals surface area contributed by atoms with Crippen molar-refractivity contribution in [2.24, 2.45) is 16.7 Å². The van der Waals surface area contributed by atoms with Gasteiger partial charge in [-0.2, -0.15) is 0 Å². The number of ketones is 1. The molecule has 4 aliphatic carbocycles. The molecule has 3 nitrogen and oxygen atoms in total. The van der Waals surface area contributed by atoms with Gasteiger partial charge in [0.1, 0.15) is 6.10 Å². The van der Waals surface area contributed by atoms with E-state index >= 15 is 0 Å². The molecule has 0 heterocycles. The lowest BCUT2D eigenvalue weighted by Gasteiger charge is -2.50. The third-order valence-corrected chi connectivity index (χ3v) is 7.66. The third-order valence-electron chi connectivity index (χ3n) is 7.66. The Morgan fingerprint density at radius 1 is 1.43 bits per heavy atom. The smallest absolute Gasteiger partial charge is 0.186 e. The van der Waals surface area contributed by atoms with Gasteiger partial charge in [-0.3, -0.25) is 4.79 Å². The molecule has 4 aliphatic rings. The van der Waals surface area contributed by atoms with Gasteiger partial charge >= 0.3 is 0 Å². The molecule has 1 N–H and O–H groups in total. The van der Waals surface area contributed by atoms with Crippen LogP contribution in [0.15, 0.2) is 71.1 Å². The Morgan fingerprint density at radius 3 is 2.75 bits per heavy atom. The van der Waals surface area contributed by atoms with E-state index in [-0.39, 0.29) is 29.8 Å². The van der Waals surface area contributed by atoms with Gasteiger partial charge in [-0.15, -0.1) is 0 Å². The van der Waals surface area contributed by atoms with Crippen LogP contribution in [0.4, 0.5) is 0 Å². The average molecular weight is 379 g/mol. The molecule has 0 saturated heterocycles. The highest BCUT2D eigenvalue weighted by Gasteiger charge is 2.58. The van der Waals surface area contributed by atoms with Gasteiger partial charge in [-0.25, -0.2) is 0 Å². The molecule has 148 valence electrons. The first-order valence-electron chi connectivity index (χ1n) is 10.2. The molecule has 4 atom stereocenters. The van der Waals surface area contributed by atoms with Gasteiger partial charge in [0.05, 0.1) is 12.9 Å². The monoisotopic (exact) mass is 378 g/mol. The summed E-state index contributed by atoms with van der Waals surface area (Å²) in [6.07, 6.45) is 6.51. The largest absolute Gasteiger partial charge is 0.494 e. The Labute approximate surface area is 167 Å². The topological polar surface area (TPSA) is 46.5 Å². The Kier molecular flexibility index (Phi) is 4.24. The van der Waals surface area contributed by atoms with Gasteiger partial charge in [0.25, 0.3) is 0 Å². The lowest BCUT2D eigenvalue weighted by atomic mass is 9.54. The molecule has 0 aromatic carbocycles. The van der Waals surface area contributed by atoms with E-state index in [1.807, 2.05) is 6.92 Å². The Bertz CT molecular complexity index is 912. The average Bonchev–Trinajstić information content (AvgIpc) is 3.22. The third kappa shape index (κ3) is 2.23. The zero-order valence-corrected chi connectivity index (χ0v) is 17.2. The Balaban J connectivity index is 1.98. The van der Waals surface area contributed by atoms with Crippen molar-refractivity contribution in [1.82, 2.24) is 0 Å². The molecule has 1 fully saturated rings. The zero-order chi connectivity index (χ0) is 20.4. The number of hydrogen-bond donors (Lipinski definition) is 1. The first kappa shape index (κ1) is 19.2. The van der Waals surface area contributed by atoms with E-state index < -0.39 is 5.41 Å². The van der Waals surface area contributed by atoms with Gasteiger partial charge in [-0.05, 0) is 67.6 Å². The molecular formula is C25H30O3. The molecule has 0 aromatic rings. The van der Waals surface area contributed by atoms with Gasteiger partial charge in [-0.1, -0.05) is 43.9 Å². The number of allylic oxidation sites excluding steroid dienone is 6. The number of hydrogen-bond acceptors (Lipinski definition) is 3. The van der Waals surface area contributed by atoms with E-state index in [1.54, 1.807) is 0 Å². The summed E-state index contributed by atoms with van der Waals surface area (Å²) in [6.45, 7) is 18.4. The van der Waals surface area contributed by atoms with Crippen LogP contribution in [0.25, 0.3) is 0 Å². The summed E-state index contributed by atoms with van der Waals surface area (Å²) < 4.78 is 6.00. The Hall–Kier alpha value is -2.13. The number of carbonyl (C=O) groups excluding carboxylic acids is 1. The van der Waals surface area contributed by atoms with Crippen molar-refractivity contribution in [3.63, 3.8) is 0 Å². The number of carbonyl (C=O) groups is 1. The van der Waals surface area contributed by atoms with Gasteiger partial charge in [0.15, 0.2) is 5.78 Å². The van der Waals surface area contributed by atoms with E-state index in [0.717, 1.165) is 52.7 Å². The number of aliphatic hydroxyl groups excluding tert-OH is 1. The van der Waals surface area contributed by atoms with E-state index in [1.165, 1.54) is 11.8 Å². The maximum Gasteiger partial charge on any atom is 0.186 e. The van der Waals surface area contributed by atoms with E-state index in [2.05, 4.69) is 39.7 Å². The SMILES string of the molecule is C=COC1CC2(C)C(=C)CCC2C2=C1C(C)(CO)C1=C(CC=C1C(=C)C)C2=O. The van der Waals surface area contributed by atoms with Crippen molar-refractivity contribution in [1.29, 1.82) is 0 Å². The fraction of sp³-hybridized carbons (Fsp3) is 0.480. The van der Waals surface area contributed by atoms with Crippen LogP contribution in [0.3, 0.4) is 0 Å². The Morgan fingerprint density at radius 2 is 2.14 bits per heavy atom. The molecular weight excluding hydrogens is 348 g/mol. The minimum Gasteiger partial charge on any atom is -0.494 e. The minimum absolute atomic E-state index is 0.0655. The summed E-state index contributed by atoms with van der Waals surface area (Å²) in [5, 5.41) is 10.6. The maximum atomic E-state index is 13.8. The van der Waals surface area contributed by atoms with E-state index in [9.17, 15) is 9.90 Å². The van der Waals surface area contributed by atoms with Crippen molar-refractivity contribution >= 4 is 5.78 Å². The van der Waals surface area contributed by atoms with Crippen molar-refractivity contribution in [3.8, 4) is 0 Å². The second-order valence-electron chi connectivity index (χ2n) is 9.21. The molecule has 0 aromatic heterocycles. The number of Topliss-reactive ketones (excluding diaryl/α,β-unsaturated/α-hetero) is 1. The molecule has 0 spiro atoms. The fourth-order valence-corrected chi connectivity index (χ4v) is 6.19. The van der Waals surface area contributed by atoms with Crippen molar-refractivity contribution < 1.29 is 14.6 Å². The van der Waals surface area contributed by atoms with Crippen LogP contribution < -0.4 is 0 Å². The maximum absolute atomic E-state index is 13.8. The highest BCUT2D eigenvalue weighted by molar-refractivity contribution is 6.13. The summed E-state index contributed by atoms with van der Waals surface area (Å²) in [5.74, 6) is 0.271. The van der Waals surface area contributed by atoms with Gasteiger partial charge < -0.3 is 9.84 Å². The second-order valence-corrected chi connectivity index (χ2v) is 9.21. The van der Waals surface area contributed by atoms with Crippen molar-refractivity contribution in [2.45, 2.75) is 52.6 Å². The zero-order valence-electron chi connectivity index (χ0n) is 17.2. The molecule has 0 amide bonds. The van der Waals surface area contributed by atoms with Gasteiger partial charge in [0, 0.05) is 16.6 Å². The molecule has 0 radical (unpaired) electrons. The minimum atomic E-state index is -0.654. The molecule has 0 bridgehead atoms. The predicted octanol–water partition coefficient (Wildman–Crippen LogP) is 4.97. The summed E-state index contributed by atoms with van der Waals surface area (Å²) in [4.78, 5) is 13.8. The molecule has 4 unspecified atom stereocenters. The quantitative estimate of drug-likeness (QED) is 0.555. The second kappa shape index (κ2) is 6.18. The normalized spacial score (nSPS) is 36.8. The number of aliphatic hydroxyl groups is 1. The summed E-state index contributed by atoms with van der Waals surface area (Å²) in [6, 6.07) is 0. The van der Waals surface area contributed by atoms with Crippen LogP contribution in [-0.2, 0) is 9.53 Å². The summed E-state index contributed by atoms with van der Waals surface area (Å²) in [5.41, 5.74) is 5.92. The van der Waals surface area contributed by atoms with E-state index in [0.29, 0.717) is 6.42 Å². The fourth-order valence-electron chi connectivity index (χ4n) is 6.19. The first-order valence-corrected chi connectivity index (χ1v) is 10.2. The first-order chi connectivity index (χ1) is 13.2. The highest BCUT2D eigenvalue weighted by atomic mass is 16.5. The van der Waals surface area contributed by atoms with Crippen LogP contribution in [0.2, 0.25) is 0 Å². The summed E-state index contributed by atoms with van der Waals surface area (Å²) in [7, 11) is 0. The molecule has 28 heavy (non-hydrogen) atoms. The van der Waals surface area contributed by atoms with Crippen molar-refractivity contribution in [2.75, 3.05) is 6.61 Å². The summed E-state index contributed by atoms with van der Waals surface area (Å²) >= 11 is 0. The van der Waals surface area contributed by atoms with E-state index in [4.69, 9.17) is 4.74 Å². The van der Waals surface area contributed by atoms with Crippen LogP contribution in [0.5, 0.6) is 0 Å². The predicted molar refractivity (Wildman–Crippen MR) is 111 cm³/mol.